The predicted molar refractivity (Wildman–Crippen MR) is 155 cm³/mol. The summed E-state index contributed by atoms with van der Waals surface area (Å²) in [6.45, 7) is 8.46. The third-order valence-corrected chi connectivity index (χ3v) is 6.78. The summed E-state index contributed by atoms with van der Waals surface area (Å²) in [7, 11) is 0. The van der Waals surface area contributed by atoms with Gasteiger partial charge in [-0.1, -0.05) is 62.6 Å². The molecule has 4 N–H and O–H groups in total. The monoisotopic (exact) mass is 597 g/mol. The number of aromatic amines is 1. The number of para-hydroxylation sites is 1. The second kappa shape index (κ2) is 16.4. The van der Waals surface area contributed by atoms with Crippen LogP contribution in [-0.4, -0.2) is 63.8 Å². The van der Waals surface area contributed by atoms with Gasteiger partial charge in [-0.3, -0.25) is 4.79 Å². The normalized spacial score (nSPS) is 12.9. The third kappa shape index (κ3) is 10.7. The van der Waals surface area contributed by atoms with Crippen molar-refractivity contribution >= 4 is 34.4 Å². The van der Waals surface area contributed by atoms with Crippen LogP contribution in [0.5, 0.6) is 0 Å². The Morgan fingerprint density at radius 2 is 1.68 bits per heavy atom. The number of hydrogen-bond acceptors (Lipinski definition) is 4. The number of nitrogens with zero attached hydrogens (tertiary/aromatic N) is 1. The molecule has 41 heavy (non-hydrogen) atoms. The van der Waals surface area contributed by atoms with Crippen LogP contribution in [0.25, 0.3) is 10.9 Å². The number of aliphatic hydroxyl groups is 1. The number of aromatic nitrogens is 1. The van der Waals surface area contributed by atoms with E-state index in [1.54, 1.807) is 12.1 Å². The van der Waals surface area contributed by atoms with Crippen LogP contribution in [0.4, 0.5) is 13.2 Å². The van der Waals surface area contributed by atoms with Crippen LogP contribution in [0.2, 0.25) is 5.02 Å². The van der Waals surface area contributed by atoms with Crippen molar-refractivity contribution in [2.45, 2.75) is 71.2 Å². The number of carboxylic acids is 1. The second-order valence-electron chi connectivity index (χ2n) is 9.93. The highest BCUT2D eigenvalue weighted by Gasteiger charge is 2.38. The number of fused-ring (bicyclic) bond motifs is 1. The number of benzene rings is 2. The summed E-state index contributed by atoms with van der Waals surface area (Å²) in [6.07, 6.45) is 1.28. The van der Waals surface area contributed by atoms with Gasteiger partial charge in [0.2, 0.25) is 0 Å². The van der Waals surface area contributed by atoms with E-state index in [1.165, 1.54) is 0 Å². The summed E-state index contributed by atoms with van der Waals surface area (Å²) >= 11 is 6.04. The molecule has 1 aromatic heterocycles. The highest BCUT2D eigenvalue weighted by Crippen LogP contribution is 2.25. The van der Waals surface area contributed by atoms with Gasteiger partial charge in [-0.15, -0.1) is 0 Å². The Kier molecular flexibility index (Phi) is 13.6. The van der Waals surface area contributed by atoms with Crippen LogP contribution in [0, 0.1) is 0 Å². The Morgan fingerprint density at radius 3 is 2.24 bits per heavy atom. The molecule has 0 bridgehead atoms. The molecule has 2 atom stereocenters. The first kappa shape index (κ1) is 34.1. The van der Waals surface area contributed by atoms with Gasteiger partial charge in [0.1, 0.15) is 0 Å². The molecule has 1 heterocycles. The largest absolute Gasteiger partial charge is 0.490 e. The molecule has 0 spiro atoms. The number of amides is 1. The molecule has 0 unspecified atom stereocenters. The third-order valence-electron chi connectivity index (χ3n) is 6.54. The molecule has 3 rings (SSSR count). The number of carbonyl (C=O) groups is 2. The van der Waals surface area contributed by atoms with E-state index in [0.717, 1.165) is 72.8 Å². The minimum absolute atomic E-state index is 0.108. The minimum atomic E-state index is -5.08. The quantitative estimate of drug-likeness (QED) is 0.174. The van der Waals surface area contributed by atoms with Crippen molar-refractivity contribution in [2.75, 3.05) is 19.6 Å². The van der Waals surface area contributed by atoms with Gasteiger partial charge in [0.15, 0.2) is 0 Å². The maximum absolute atomic E-state index is 13.4. The molecule has 1 amide bonds. The van der Waals surface area contributed by atoms with Crippen LogP contribution in [0.15, 0.2) is 48.7 Å². The number of H-pyrrole nitrogens is 1. The van der Waals surface area contributed by atoms with Crippen LogP contribution in [0.1, 0.15) is 74.0 Å². The van der Waals surface area contributed by atoms with Crippen molar-refractivity contribution in [1.82, 2.24) is 15.2 Å². The maximum Gasteiger partial charge on any atom is 0.490 e. The van der Waals surface area contributed by atoms with E-state index in [1.807, 2.05) is 35.4 Å². The number of unbranched alkanes of at least 4 members (excludes halogenated alkanes) is 2. The lowest BCUT2D eigenvalue weighted by molar-refractivity contribution is -0.192. The van der Waals surface area contributed by atoms with Gasteiger partial charge in [-0.2, -0.15) is 13.2 Å². The first-order valence-corrected chi connectivity index (χ1v) is 14.1. The van der Waals surface area contributed by atoms with Crippen molar-refractivity contribution in [3.63, 3.8) is 0 Å². The van der Waals surface area contributed by atoms with Crippen LogP contribution in [0.3, 0.4) is 0 Å². The number of aliphatic hydroxyl groups excluding tert-OH is 1. The number of hydrogen-bond donors (Lipinski definition) is 4. The Balaban J connectivity index is 0.000000745. The second-order valence-corrected chi connectivity index (χ2v) is 10.4. The summed E-state index contributed by atoms with van der Waals surface area (Å²) in [4.78, 5) is 27.7. The molecule has 0 radical (unpaired) electrons. The Labute approximate surface area is 243 Å². The van der Waals surface area contributed by atoms with Crippen molar-refractivity contribution < 1.29 is 33.0 Å². The number of carbonyl (C=O) groups excluding carboxylic acids is 1. The van der Waals surface area contributed by atoms with E-state index in [2.05, 4.69) is 37.1 Å². The first-order valence-electron chi connectivity index (χ1n) is 13.7. The van der Waals surface area contributed by atoms with E-state index in [0.29, 0.717) is 11.6 Å². The molecule has 0 aliphatic carbocycles. The number of alkyl halides is 3. The zero-order valence-corrected chi connectivity index (χ0v) is 24.4. The molecule has 2 aromatic carbocycles. The molecule has 226 valence electrons. The Morgan fingerprint density at radius 1 is 1.07 bits per heavy atom. The molecule has 0 fully saturated rings. The summed E-state index contributed by atoms with van der Waals surface area (Å²) in [5.41, 5.74) is 3.62. The lowest BCUT2D eigenvalue weighted by Crippen LogP contribution is -2.33. The maximum atomic E-state index is 13.4. The number of halogens is 4. The lowest BCUT2D eigenvalue weighted by atomic mass is 10.0. The fraction of sp³-hybridized carbons (Fsp3) is 0.467. The fourth-order valence-electron chi connectivity index (χ4n) is 4.29. The van der Waals surface area contributed by atoms with Gasteiger partial charge >= 0.3 is 12.1 Å². The standard InChI is InChI=1S/C28H38ClN3O2.C2HF3O2/c1-4-6-14-32(15-7-5-2)28(34)25-13-9-12-24-22(18-31-27(24)25)16-20(3)30-19-26(33)21-10-8-11-23(29)17-21;3-2(4,5)1(6)7/h8-13,17-18,20,26,30-31,33H,4-7,14-16,19H2,1-3H3;(H,6,7)/t20-,26+;/m1./s1. The van der Waals surface area contributed by atoms with Crippen LogP contribution < -0.4 is 5.32 Å². The molecule has 0 aliphatic heterocycles. The van der Waals surface area contributed by atoms with E-state index < -0.39 is 18.2 Å². The Hall–Kier alpha value is -3.08. The van der Waals surface area contributed by atoms with E-state index in [9.17, 15) is 23.1 Å². The van der Waals surface area contributed by atoms with Crippen LogP contribution >= 0.6 is 11.6 Å². The number of aliphatic carboxylic acids is 1. The van der Waals surface area contributed by atoms with E-state index in [-0.39, 0.29) is 11.9 Å². The number of carboxylic acid groups (broad SMARTS) is 1. The zero-order chi connectivity index (χ0) is 30.6. The Bertz CT molecular complexity index is 1260. The molecule has 7 nitrogen and oxygen atoms in total. The highest BCUT2D eigenvalue weighted by atomic mass is 35.5. The first-order chi connectivity index (χ1) is 19.4. The molecular weight excluding hydrogens is 559 g/mol. The van der Waals surface area contributed by atoms with Crippen molar-refractivity contribution in [3.05, 3.63) is 70.4 Å². The molecule has 0 aliphatic rings. The average Bonchev–Trinajstić information content (AvgIpc) is 3.34. The van der Waals surface area contributed by atoms with E-state index in [4.69, 9.17) is 21.5 Å². The van der Waals surface area contributed by atoms with Crippen molar-refractivity contribution in [1.29, 1.82) is 0 Å². The van der Waals surface area contributed by atoms with Gasteiger partial charge in [-0.05, 0) is 55.5 Å². The van der Waals surface area contributed by atoms with E-state index >= 15 is 0 Å². The fourth-order valence-corrected chi connectivity index (χ4v) is 4.49. The smallest absolute Gasteiger partial charge is 0.475 e. The van der Waals surface area contributed by atoms with Crippen molar-refractivity contribution in [3.8, 4) is 0 Å². The molecule has 3 aromatic rings. The molecule has 0 saturated heterocycles. The topological polar surface area (TPSA) is 106 Å². The van der Waals surface area contributed by atoms with Crippen molar-refractivity contribution in [2.24, 2.45) is 0 Å². The zero-order valence-electron chi connectivity index (χ0n) is 23.6. The average molecular weight is 598 g/mol. The molecular formula is C30H39ClF3N3O4. The lowest BCUT2D eigenvalue weighted by Gasteiger charge is -2.23. The van der Waals surface area contributed by atoms with Gasteiger partial charge in [0.25, 0.3) is 5.91 Å². The predicted octanol–water partition coefficient (Wildman–Crippen LogP) is 6.75. The SMILES string of the molecule is CCCCN(CCCC)C(=O)c1cccc2c(C[C@@H](C)NC[C@H](O)c3cccc(Cl)c3)c[nH]c12.O=C(O)C(F)(F)F. The molecule has 11 heteroatoms. The summed E-state index contributed by atoms with van der Waals surface area (Å²) in [5.74, 6) is -2.65. The van der Waals surface area contributed by atoms with Crippen LogP contribution in [-0.2, 0) is 11.2 Å². The number of rotatable bonds is 13. The van der Waals surface area contributed by atoms with Gasteiger partial charge in [0, 0.05) is 42.3 Å². The highest BCUT2D eigenvalue weighted by molar-refractivity contribution is 6.30. The molecule has 0 saturated carbocycles. The van der Waals surface area contributed by atoms with Gasteiger partial charge in [-0.25, -0.2) is 4.79 Å². The summed E-state index contributed by atoms with van der Waals surface area (Å²) < 4.78 is 31.7. The minimum Gasteiger partial charge on any atom is -0.475 e. The summed E-state index contributed by atoms with van der Waals surface area (Å²) in [6, 6.07) is 13.5. The van der Waals surface area contributed by atoms with Gasteiger partial charge in [0.05, 0.1) is 17.2 Å². The summed E-state index contributed by atoms with van der Waals surface area (Å²) in [5, 5.41) is 22.7. The number of nitrogens with one attached hydrogen (secondary N) is 2. The van der Waals surface area contributed by atoms with Gasteiger partial charge < -0.3 is 25.4 Å².